The third-order valence-corrected chi connectivity index (χ3v) is 3.22. The SMILES string of the molecule is CCN(CC(=O)C(Cl)=C(Cl)Cl)c1ccccc1. The van der Waals surface area contributed by atoms with Crippen molar-refractivity contribution in [2.75, 3.05) is 18.0 Å². The average Bonchev–Trinajstić information content (AvgIpc) is 2.35. The lowest BCUT2D eigenvalue weighted by Gasteiger charge is -2.21. The first-order chi connectivity index (χ1) is 8.06. The highest BCUT2D eigenvalue weighted by Crippen LogP contribution is 2.20. The molecular weight excluding hydrogens is 280 g/mol. The van der Waals surface area contributed by atoms with Crippen LogP contribution in [0.4, 0.5) is 5.69 Å². The Hall–Kier alpha value is -0.700. The molecule has 0 saturated carbocycles. The molecule has 17 heavy (non-hydrogen) atoms. The van der Waals surface area contributed by atoms with Crippen molar-refractivity contribution in [3.63, 3.8) is 0 Å². The van der Waals surface area contributed by atoms with Gasteiger partial charge in [-0.1, -0.05) is 53.0 Å². The van der Waals surface area contributed by atoms with E-state index in [-0.39, 0.29) is 21.9 Å². The smallest absolute Gasteiger partial charge is 0.195 e. The highest BCUT2D eigenvalue weighted by atomic mass is 35.5. The van der Waals surface area contributed by atoms with Gasteiger partial charge in [-0.15, -0.1) is 0 Å². The number of para-hydroxylation sites is 1. The second kappa shape index (κ2) is 6.90. The van der Waals surface area contributed by atoms with Gasteiger partial charge in [0.25, 0.3) is 0 Å². The van der Waals surface area contributed by atoms with E-state index in [9.17, 15) is 4.79 Å². The Morgan fingerprint density at radius 2 is 1.76 bits per heavy atom. The number of ketones is 1. The lowest BCUT2D eigenvalue weighted by molar-refractivity contribution is -0.113. The maximum Gasteiger partial charge on any atom is 0.195 e. The second-order valence-corrected chi connectivity index (χ2v) is 4.67. The van der Waals surface area contributed by atoms with Gasteiger partial charge in [0.15, 0.2) is 5.78 Å². The minimum atomic E-state index is -0.294. The monoisotopic (exact) mass is 291 g/mol. The number of hydrogen-bond acceptors (Lipinski definition) is 2. The van der Waals surface area contributed by atoms with Crippen LogP contribution in [-0.4, -0.2) is 18.9 Å². The molecule has 2 nitrogen and oxygen atoms in total. The summed E-state index contributed by atoms with van der Waals surface area (Å²) in [5.41, 5.74) is 0.957. The van der Waals surface area contributed by atoms with Crippen molar-refractivity contribution in [1.29, 1.82) is 0 Å². The summed E-state index contributed by atoms with van der Waals surface area (Å²) in [7, 11) is 0. The molecule has 0 radical (unpaired) electrons. The zero-order valence-corrected chi connectivity index (χ0v) is 11.6. The minimum absolute atomic E-state index is 0.122. The van der Waals surface area contributed by atoms with Crippen molar-refractivity contribution in [2.45, 2.75) is 6.92 Å². The third kappa shape index (κ3) is 4.23. The molecule has 0 fully saturated rings. The number of Topliss-reactive ketones (excluding diaryl/α,β-unsaturated/α-hetero) is 1. The van der Waals surface area contributed by atoms with Gasteiger partial charge in [0.2, 0.25) is 0 Å². The number of likely N-dealkylation sites (N-methyl/N-ethyl adjacent to an activating group) is 1. The normalized spacial score (nSPS) is 9.88. The van der Waals surface area contributed by atoms with E-state index in [4.69, 9.17) is 34.8 Å². The summed E-state index contributed by atoms with van der Waals surface area (Å²) in [4.78, 5) is 13.6. The van der Waals surface area contributed by atoms with Crippen molar-refractivity contribution >= 4 is 46.3 Å². The largest absolute Gasteiger partial charge is 0.364 e. The topological polar surface area (TPSA) is 20.3 Å². The van der Waals surface area contributed by atoms with Gasteiger partial charge in [-0.25, -0.2) is 0 Å². The van der Waals surface area contributed by atoms with E-state index in [0.29, 0.717) is 6.54 Å². The lowest BCUT2D eigenvalue weighted by atomic mass is 10.2. The molecule has 92 valence electrons. The van der Waals surface area contributed by atoms with Crippen molar-refractivity contribution in [3.8, 4) is 0 Å². The van der Waals surface area contributed by atoms with Gasteiger partial charge in [0, 0.05) is 12.2 Å². The Labute approximate surface area is 116 Å². The van der Waals surface area contributed by atoms with E-state index < -0.39 is 0 Å². The summed E-state index contributed by atoms with van der Waals surface area (Å²) in [6, 6.07) is 9.60. The van der Waals surface area contributed by atoms with Crippen molar-refractivity contribution in [3.05, 3.63) is 39.9 Å². The van der Waals surface area contributed by atoms with Gasteiger partial charge < -0.3 is 4.90 Å². The minimum Gasteiger partial charge on any atom is -0.364 e. The number of nitrogens with zero attached hydrogens (tertiary/aromatic N) is 1. The maximum absolute atomic E-state index is 11.7. The third-order valence-electron chi connectivity index (χ3n) is 2.25. The summed E-state index contributed by atoms with van der Waals surface area (Å²) >= 11 is 16.6. The zero-order chi connectivity index (χ0) is 12.8. The standard InChI is InChI=1S/C12H12Cl3NO/c1-2-16(9-6-4-3-5-7-9)8-10(17)11(13)12(14)15/h3-7H,2,8H2,1H3. The van der Waals surface area contributed by atoms with Crippen LogP contribution in [0, 0.1) is 0 Å². The number of carbonyl (C=O) groups excluding carboxylic acids is 1. The molecule has 5 heteroatoms. The molecule has 0 N–H and O–H groups in total. The van der Waals surface area contributed by atoms with Gasteiger partial charge >= 0.3 is 0 Å². The fourth-order valence-corrected chi connectivity index (χ4v) is 1.64. The molecule has 0 aliphatic carbocycles. The number of anilines is 1. The van der Waals surface area contributed by atoms with Crippen LogP contribution in [-0.2, 0) is 4.79 Å². The Morgan fingerprint density at radius 1 is 1.18 bits per heavy atom. The van der Waals surface area contributed by atoms with E-state index >= 15 is 0 Å². The Kier molecular flexibility index (Phi) is 5.83. The molecule has 0 aliphatic heterocycles. The van der Waals surface area contributed by atoms with Crippen LogP contribution >= 0.6 is 34.8 Å². The predicted molar refractivity (Wildman–Crippen MR) is 73.9 cm³/mol. The van der Waals surface area contributed by atoms with E-state index in [1.807, 2.05) is 42.2 Å². The highest BCUT2D eigenvalue weighted by molar-refractivity contribution is 6.62. The number of halogens is 3. The van der Waals surface area contributed by atoms with Gasteiger partial charge in [0.05, 0.1) is 6.54 Å². The summed E-state index contributed by atoms with van der Waals surface area (Å²) in [5, 5.41) is -0.122. The van der Waals surface area contributed by atoms with Gasteiger partial charge in [0.1, 0.15) is 9.52 Å². The first-order valence-corrected chi connectivity index (χ1v) is 6.23. The predicted octanol–water partition coefficient (Wildman–Crippen LogP) is 3.97. The molecule has 0 unspecified atom stereocenters. The summed E-state index contributed by atoms with van der Waals surface area (Å²) in [5.74, 6) is -0.294. The molecule has 0 saturated heterocycles. The van der Waals surface area contributed by atoms with E-state index in [0.717, 1.165) is 5.69 Å². The van der Waals surface area contributed by atoms with Crippen LogP contribution < -0.4 is 4.90 Å². The van der Waals surface area contributed by atoms with Crippen LogP contribution in [0.25, 0.3) is 0 Å². The number of hydrogen-bond donors (Lipinski definition) is 0. The Morgan fingerprint density at radius 3 is 2.24 bits per heavy atom. The molecule has 0 bridgehead atoms. The molecule has 0 amide bonds. The van der Waals surface area contributed by atoms with Gasteiger partial charge in [-0.05, 0) is 19.1 Å². The zero-order valence-electron chi connectivity index (χ0n) is 9.29. The van der Waals surface area contributed by atoms with Crippen molar-refractivity contribution < 1.29 is 4.79 Å². The van der Waals surface area contributed by atoms with Crippen LogP contribution in [0.3, 0.4) is 0 Å². The first-order valence-electron chi connectivity index (χ1n) is 5.10. The molecular formula is C12H12Cl3NO. The maximum atomic E-state index is 11.7. The Balaban J connectivity index is 2.79. The second-order valence-electron chi connectivity index (χ2n) is 3.35. The lowest BCUT2D eigenvalue weighted by Crippen LogP contribution is -2.29. The first kappa shape index (κ1) is 14.4. The molecule has 1 aromatic carbocycles. The molecule has 0 heterocycles. The summed E-state index contributed by atoms with van der Waals surface area (Å²) in [6.07, 6.45) is 0. The molecule has 0 aromatic heterocycles. The van der Waals surface area contributed by atoms with E-state index in [1.165, 1.54) is 0 Å². The van der Waals surface area contributed by atoms with E-state index in [2.05, 4.69) is 0 Å². The number of carbonyl (C=O) groups is 1. The van der Waals surface area contributed by atoms with Crippen LogP contribution in [0.5, 0.6) is 0 Å². The van der Waals surface area contributed by atoms with E-state index in [1.54, 1.807) is 0 Å². The summed E-state index contributed by atoms with van der Waals surface area (Å²) in [6.45, 7) is 2.81. The van der Waals surface area contributed by atoms with Crippen LogP contribution in [0.15, 0.2) is 39.9 Å². The van der Waals surface area contributed by atoms with Crippen LogP contribution in [0.2, 0.25) is 0 Å². The number of benzene rings is 1. The summed E-state index contributed by atoms with van der Waals surface area (Å²) < 4.78 is -0.194. The fraction of sp³-hybridized carbons (Fsp3) is 0.250. The van der Waals surface area contributed by atoms with Crippen molar-refractivity contribution in [1.82, 2.24) is 0 Å². The Bertz CT molecular complexity index is 413. The highest BCUT2D eigenvalue weighted by Gasteiger charge is 2.15. The molecule has 0 atom stereocenters. The average molecular weight is 293 g/mol. The molecule has 0 aliphatic rings. The molecule has 1 rings (SSSR count). The van der Waals surface area contributed by atoms with Gasteiger partial charge in [-0.3, -0.25) is 4.79 Å². The molecule has 0 spiro atoms. The van der Waals surface area contributed by atoms with Crippen molar-refractivity contribution in [2.24, 2.45) is 0 Å². The van der Waals surface area contributed by atoms with Gasteiger partial charge in [-0.2, -0.15) is 0 Å². The fourth-order valence-electron chi connectivity index (χ4n) is 1.37. The van der Waals surface area contributed by atoms with Crippen LogP contribution in [0.1, 0.15) is 6.92 Å². The quantitative estimate of drug-likeness (QED) is 0.765. The molecule has 1 aromatic rings. The number of rotatable bonds is 5.